The molecule has 0 spiro atoms. The van der Waals surface area contributed by atoms with Crippen LogP contribution in [0.15, 0.2) is 0 Å². The van der Waals surface area contributed by atoms with Crippen LogP contribution in [0.25, 0.3) is 0 Å². The lowest BCUT2D eigenvalue weighted by atomic mass is 9.92. The van der Waals surface area contributed by atoms with Gasteiger partial charge in [-0.15, -0.1) is 0 Å². The second kappa shape index (κ2) is 5.99. The molecule has 20 heavy (non-hydrogen) atoms. The van der Waals surface area contributed by atoms with Crippen LogP contribution in [0.1, 0.15) is 26.2 Å². The van der Waals surface area contributed by atoms with Crippen molar-refractivity contribution in [3.05, 3.63) is 0 Å². The average molecular weight is 304 g/mol. The number of aliphatic hydroxyl groups excluding tert-OH is 1. The number of hydrogen-bond acceptors (Lipinski definition) is 4. The Morgan fingerprint density at radius 1 is 1.15 bits per heavy atom. The molecule has 6 nitrogen and oxygen atoms in total. The predicted octanol–water partition coefficient (Wildman–Crippen LogP) is -0.113. The van der Waals surface area contributed by atoms with E-state index < -0.39 is 16.1 Å². The number of amides is 1. The second-order valence-corrected chi connectivity index (χ2v) is 8.04. The van der Waals surface area contributed by atoms with Crippen molar-refractivity contribution in [3.63, 3.8) is 0 Å². The molecule has 0 radical (unpaired) electrons. The van der Waals surface area contributed by atoms with Crippen LogP contribution in [0, 0.1) is 11.8 Å². The zero-order valence-corrected chi connectivity index (χ0v) is 13.0. The normalized spacial score (nSPS) is 30.4. The number of likely N-dealkylation sites (tertiary alicyclic amines) is 1. The molecule has 2 rings (SSSR count). The number of nitrogens with zero attached hydrogens (tertiary/aromatic N) is 2. The predicted molar refractivity (Wildman–Crippen MR) is 75.5 cm³/mol. The van der Waals surface area contributed by atoms with Crippen molar-refractivity contribution in [2.24, 2.45) is 11.8 Å². The molecule has 0 aromatic carbocycles. The van der Waals surface area contributed by atoms with Crippen molar-refractivity contribution in [2.45, 2.75) is 32.3 Å². The van der Waals surface area contributed by atoms with Gasteiger partial charge >= 0.3 is 0 Å². The largest absolute Gasteiger partial charge is 0.391 e. The maximum Gasteiger partial charge on any atom is 0.225 e. The van der Waals surface area contributed by atoms with E-state index >= 15 is 0 Å². The third-order valence-corrected chi connectivity index (χ3v) is 5.81. The first kappa shape index (κ1) is 15.7. The first-order valence-corrected chi connectivity index (χ1v) is 9.06. The summed E-state index contributed by atoms with van der Waals surface area (Å²) in [7, 11) is -3.15. The molecule has 0 bridgehead atoms. The van der Waals surface area contributed by atoms with Crippen LogP contribution < -0.4 is 0 Å². The van der Waals surface area contributed by atoms with Crippen LogP contribution in [0.3, 0.4) is 0 Å². The van der Waals surface area contributed by atoms with Gasteiger partial charge in [-0.3, -0.25) is 4.79 Å². The monoisotopic (exact) mass is 304 g/mol. The number of rotatable bonds is 2. The minimum absolute atomic E-state index is 0.0732. The number of aliphatic hydroxyl groups is 1. The lowest BCUT2D eigenvalue weighted by Gasteiger charge is -2.38. The third kappa shape index (κ3) is 3.51. The molecule has 2 unspecified atom stereocenters. The van der Waals surface area contributed by atoms with Gasteiger partial charge < -0.3 is 10.0 Å². The van der Waals surface area contributed by atoms with Crippen LogP contribution in [0.2, 0.25) is 0 Å². The number of β-amino-alcohol motifs (C(OH)–C–C–N with tert-alkyl or cyclic N) is 1. The summed E-state index contributed by atoms with van der Waals surface area (Å²) >= 11 is 0. The van der Waals surface area contributed by atoms with Gasteiger partial charge in [-0.1, -0.05) is 6.92 Å². The zero-order valence-electron chi connectivity index (χ0n) is 12.2. The highest BCUT2D eigenvalue weighted by Crippen LogP contribution is 2.24. The Hall–Kier alpha value is -0.660. The molecule has 2 atom stereocenters. The Labute approximate surface area is 120 Å². The van der Waals surface area contributed by atoms with E-state index in [-0.39, 0.29) is 17.7 Å². The van der Waals surface area contributed by atoms with E-state index in [1.807, 2.05) is 6.92 Å². The van der Waals surface area contributed by atoms with Gasteiger partial charge in [-0.2, -0.15) is 0 Å². The van der Waals surface area contributed by atoms with Crippen LogP contribution in [-0.2, 0) is 14.8 Å². The molecule has 1 N–H and O–H groups in total. The maximum absolute atomic E-state index is 12.4. The van der Waals surface area contributed by atoms with Crippen LogP contribution >= 0.6 is 0 Å². The number of carbonyl (C=O) groups is 1. The van der Waals surface area contributed by atoms with Crippen molar-refractivity contribution >= 4 is 15.9 Å². The molecule has 7 heteroatoms. The summed E-state index contributed by atoms with van der Waals surface area (Å²) in [5, 5.41) is 9.86. The summed E-state index contributed by atoms with van der Waals surface area (Å²) in [4.78, 5) is 14.2. The van der Waals surface area contributed by atoms with Gasteiger partial charge in [0.1, 0.15) is 0 Å². The standard InChI is InChI=1S/C13H24N2O4S/c1-10-3-6-14(9-12(10)16)13(17)11-4-7-15(8-5-11)20(2,18)19/h10-12,16H,3-9H2,1-2H3. The fourth-order valence-electron chi connectivity index (χ4n) is 2.94. The summed E-state index contributed by atoms with van der Waals surface area (Å²) in [6, 6.07) is 0. The van der Waals surface area contributed by atoms with E-state index in [0.29, 0.717) is 39.0 Å². The van der Waals surface area contributed by atoms with Crippen molar-refractivity contribution in [1.82, 2.24) is 9.21 Å². The molecule has 0 aliphatic carbocycles. The van der Waals surface area contributed by atoms with Crippen LogP contribution in [0.5, 0.6) is 0 Å². The molecule has 0 aromatic heterocycles. The van der Waals surface area contributed by atoms with Gasteiger partial charge in [0.25, 0.3) is 0 Å². The molecule has 1 amide bonds. The third-order valence-electron chi connectivity index (χ3n) is 4.50. The molecule has 2 saturated heterocycles. The Kier molecular flexibility index (Phi) is 4.71. The highest BCUT2D eigenvalue weighted by atomic mass is 32.2. The minimum Gasteiger partial charge on any atom is -0.391 e. The number of sulfonamides is 1. The lowest BCUT2D eigenvalue weighted by molar-refractivity contribution is -0.141. The Balaban J connectivity index is 1.89. The van der Waals surface area contributed by atoms with E-state index in [1.165, 1.54) is 10.6 Å². The van der Waals surface area contributed by atoms with E-state index in [4.69, 9.17) is 0 Å². The molecule has 0 saturated carbocycles. The van der Waals surface area contributed by atoms with E-state index in [1.54, 1.807) is 4.90 Å². The molecule has 2 aliphatic rings. The van der Waals surface area contributed by atoms with Gasteiger partial charge in [-0.05, 0) is 25.2 Å². The van der Waals surface area contributed by atoms with Crippen LogP contribution in [0.4, 0.5) is 0 Å². The first-order valence-electron chi connectivity index (χ1n) is 7.21. The second-order valence-electron chi connectivity index (χ2n) is 6.05. The lowest BCUT2D eigenvalue weighted by Crippen LogP contribution is -2.50. The molecular weight excluding hydrogens is 280 g/mol. The van der Waals surface area contributed by atoms with E-state index in [9.17, 15) is 18.3 Å². The van der Waals surface area contributed by atoms with Crippen LogP contribution in [-0.4, -0.2) is 67.2 Å². The average Bonchev–Trinajstić information content (AvgIpc) is 2.40. The number of carbonyl (C=O) groups excluding carboxylic acids is 1. The molecule has 2 aliphatic heterocycles. The Morgan fingerprint density at radius 3 is 2.25 bits per heavy atom. The maximum atomic E-state index is 12.4. The van der Waals surface area contributed by atoms with E-state index in [0.717, 1.165) is 6.42 Å². The summed E-state index contributed by atoms with van der Waals surface area (Å²) in [6.45, 7) is 3.94. The number of piperidine rings is 2. The van der Waals surface area contributed by atoms with Gasteiger partial charge in [-0.25, -0.2) is 12.7 Å². The fraction of sp³-hybridized carbons (Fsp3) is 0.923. The van der Waals surface area contributed by atoms with Crippen molar-refractivity contribution in [3.8, 4) is 0 Å². The summed E-state index contributed by atoms with van der Waals surface area (Å²) in [5.74, 6) is 0.212. The van der Waals surface area contributed by atoms with Gasteiger partial charge in [0, 0.05) is 32.1 Å². The summed E-state index contributed by atoms with van der Waals surface area (Å²) in [6.07, 6.45) is 2.75. The van der Waals surface area contributed by atoms with Gasteiger partial charge in [0.05, 0.1) is 12.4 Å². The number of hydrogen-bond donors (Lipinski definition) is 1. The highest BCUT2D eigenvalue weighted by molar-refractivity contribution is 7.88. The van der Waals surface area contributed by atoms with Gasteiger partial charge in [0.2, 0.25) is 15.9 Å². The highest BCUT2D eigenvalue weighted by Gasteiger charge is 2.34. The minimum atomic E-state index is -3.15. The molecular formula is C13H24N2O4S. The smallest absolute Gasteiger partial charge is 0.225 e. The van der Waals surface area contributed by atoms with E-state index in [2.05, 4.69) is 0 Å². The molecule has 2 fully saturated rings. The van der Waals surface area contributed by atoms with Crippen molar-refractivity contribution in [2.75, 3.05) is 32.4 Å². The SMILES string of the molecule is CC1CCN(C(=O)C2CCN(S(C)(=O)=O)CC2)CC1O. The van der Waals surface area contributed by atoms with Crippen molar-refractivity contribution in [1.29, 1.82) is 0 Å². The Bertz CT molecular complexity index is 457. The first-order chi connectivity index (χ1) is 9.29. The summed E-state index contributed by atoms with van der Waals surface area (Å²) in [5.41, 5.74) is 0. The van der Waals surface area contributed by atoms with Crippen molar-refractivity contribution < 1.29 is 18.3 Å². The Morgan fingerprint density at radius 2 is 1.75 bits per heavy atom. The van der Waals surface area contributed by atoms with Gasteiger partial charge in [0.15, 0.2) is 0 Å². The summed E-state index contributed by atoms with van der Waals surface area (Å²) < 4.78 is 24.3. The molecule has 0 aromatic rings. The zero-order chi connectivity index (χ0) is 14.9. The fourth-order valence-corrected chi connectivity index (χ4v) is 3.82. The molecule has 116 valence electrons. The quantitative estimate of drug-likeness (QED) is 0.772. The topological polar surface area (TPSA) is 77.9 Å². The molecule has 2 heterocycles.